The topological polar surface area (TPSA) is 26.3 Å². The highest BCUT2D eigenvalue weighted by Gasteiger charge is 2.58. The van der Waals surface area contributed by atoms with Crippen LogP contribution in [0.25, 0.3) is 0 Å². The molecule has 62 valence electrons. The fourth-order valence-corrected chi connectivity index (χ4v) is 3.46. The first kappa shape index (κ1) is 7.47. The van der Waals surface area contributed by atoms with E-state index in [4.69, 9.17) is 4.74 Å². The Morgan fingerprint density at radius 1 is 1.73 bits per heavy atom. The summed E-state index contributed by atoms with van der Waals surface area (Å²) >= 11 is 1.93. The van der Waals surface area contributed by atoms with Gasteiger partial charge in [-0.05, 0) is 25.0 Å². The van der Waals surface area contributed by atoms with E-state index in [-0.39, 0.29) is 11.9 Å². The molecule has 0 aromatic heterocycles. The van der Waals surface area contributed by atoms with E-state index in [2.05, 4.69) is 0 Å². The van der Waals surface area contributed by atoms with Crippen LogP contribution >= 0.6 is 11.8 Å². The summed E-state index contributed by atoms with van der Waals surface area (Å²) in [4.78, 5) is 11.2. The summed E-state index contributed by atoms with van der Waals surface area (Å²) < 4.78 is 4.95. The van der Waals surface area contributed by atoms with Gasteiger partial charge in [0.25, 0.3) is 0 Å². The molecule has 2 fully saturated rings. The maximum Gasteiger partial charge on any atom is 0.310 e. The maximum atomic E-state index is 11.2. The lowest BCUT2D eigenvalue weighted by Gasteiger charge is -2.01. The van der Waals surface area contributed by atoms with Gasteiger partial charge in [-0.3, -0.25) is 4.79 Å². The molecule has 2 aliphatic rings. The molecule has 1 saturated carbocycles. The van der Waals surface area contributed by atoms with Gasteiger partial charge in [-0.1, -0.05) is 0 Å². The molecule has 0 aromatic carbocycles. The van der Waals surface area contributed by atoms with Crippen molar-refractivity contribution in [2.45, 2.75) is 18.6 Å². The maximum absolute atomic E-state index is 11.2. The van der Waals surface area contributed by atoms with Gasteiger partial charge in [-0.2, -0.15) is 11.8 Å². The Hall–Kier alpha value is -0.180. The summed E-state index contributed by atoms with van der Waals surface area (Å²) in [6.45, 7) is 2.39. The molecule has 11 heavy (non-hydrogen) atoms. The minimum atomic E-state index is 0.0368. The van der Waals surface area contributed by atoms with Gasteiger partial charge in [0.15, 0.2) is 0 Å². The number of rotatable bonds is 2. The normalized spacial score (nSPS) is 39.9. The Morgan fingerprint density at radius 3 is 3.09 bits per heavy atom. The zero-order valence-electron chi connectivity index (χ0n) is 6.58. The molecule has 1 saturated heterocycles. The average Bonchev–Trinajstić information content (AvgIpc) is 2.47. The highest BCUT2D eigenvalue weighted by molar-refractivity contribution is 8.00. The number of fused-ring (bicyclic) bond motifs is 1. The van der Waals surface area contributed by atoms with Crippen LogP contribution in [0, 0.1) is 11.8 Å². The molecule has 0 radical (unpaired) electrons. The third kappa shape index (κ3) is 1.15. The van der Waals surface area contributed by atoms with E-state index in [0.29, 0.717) is 17.8 Å². The van der Waals surface area contributed by atoms with Gasteiger partial charge in [-0.15, -0.1) is 0 Å². The Labute approximate surface area is 70.7 Å². The molecular formula is C8H12O2S. The molecule has 0 unspecified atom stereocenters. The Kier molecular flexibility index (Phi) is 1.83. The zero-order chi connectivity index (χ0) is 7.84. The molecule has 0 bridgehead atoms. The summed E-state index contributed by atoms with van der Waals surface area (Å²) in [6.07, 6.45) is 1.22. The SMILES string of the molecule is CCOC(=O)[C@@H]1[C@H]2CCS[C@H]21. The molecule has 3 heteroatoms. The number of ether oxygens (including phenoxy) is 1. The Balaban J connectivity index is 1.85. The first-order valence-electron chi connectivity index (χ1n) is 4.13. The zero-order valence-corrected chi connectivity index (χ0v) is 7.39. The lowest BCUT2D eigenvalue weighted by atomic mass is 10.2. The molecule has 0 amide bonds. The van der Waals surface area contributed by atoms with Crippen LogP contribution in [0.1, 0.15) is 13.3 Å². The van der Waals surface area contributed by atoms with E-state index in [1.807, 2.05) is 18.7 Å². The lowest BCUT2D eigenvalue weighted by molar-refractivity contribution is -0.145. The standard InChI is InChI=1S/C8H12O2S/c1-2-10-8(9)6-5-3-4-11-7(5)6/h5-7H,2-4H2,1H3/t5-,6-,7-/m1/s1. The molecule has 0 N–H and O–H groups in total. The van der Waals surface area contributed by atoms with Crippen LogP contribution < -0.4 is 0 Å². The van der Waals surface area contributed by atoms with Gasteiger partial charge >= 0.3 is 5.97 Å². The second-order valence-electron chi connectivity index (χ2n) is 3.07. The molecule has 1 aliphatic carbocycles. The molecule has 0 aromatic rings. The Bertz CT molecular complexity index is 171. The fourth-order valence-electron chi connectivity index (χ4n) is 1.80. The van der Waals surface area contributed by atoms with Crippen LogP contribution in [0.2, 0.25) is 0 Å². The van der Waals surface area contributed by atoms with Crippen LogP contribution in [0.15, 0.2) is 0 Å². The van der Waals surface area contributed by atoms with Crippen molar-refractivity contribution < 1.29 is 9.53 Å². The smallest absolute Gasteiger partial charge is 0.310 e. The summed E-state index contributed by atoms with van der Waals surface area (Å²) in [7, 11) is 0. The molecule has 1 heterocycles. The molecule has 0 spiro atoms. The summed E-state index contributed by atoms with van der Waals surface area (Å²) in [6, 6.07) is 0. The van der Waals surface area contributed by atoms with Crippen molar-refractivity contribution in [2.24, 2.45) is 11.8 Å². The second-order valence-corrected chi connectivity index (χ2v) is 4.35. The van der Waals surface area contributed by atoms with Crippen molar-refractivity contribution in [1.82, 2.24) is 0 Å². The van der Waals surface area contributed by atoms with Crippen LogP contribution in [0.4, 0.5) is 0 Å². The van der Waals surface area contributed by atoms with E-state index in [9.17, 15) is 4.79 Å². The molecule has 1 aliphatic heterocycles. The summed E-state index contributed by atoms with van der Waals surface area (Å²) in [5.74, 6) is 2.20. The number of hydrogen-bond donors (Lipinski definition) is 0. The predicted molar refractivity (Wildman–Crippen MR) is 44.5 cm³/mol. The van der Waals surface area contributed by atoms with Gasteiger partial charge in [0.1, 0.15) is 0 Å². The van der Waals surface area contributed by atoms with Crippen LogP contribution in [0.3, 0.4) is 0 Å². The molecule has 3 atom stereocenters. The monoisotopic (exact) mass is 172 g/mol. The first-order chi connectivity index (χ1) is 5.34. The van der Waals surface area contributed by atoms with Gasteiger partial charge in [0.2, 0.25) is 0 Å². The number of thioether (sulfide) groups is 1. The van der Waals surface area contributed by atoms with Crippen molar-refractivity contribution in [3.63, 3.8) is 0 Å². The summed E-state index contributed by atoms with van der Waals surface area (Å²) in [5.41, 5.74) is 0. The first-order valence-corrected chi connectivity index (χ1v) is 5.17. The van der Waals surface area contributed by atoms with Crippen molar-refractivity contribution in [3.8, 4) is 0 Å². The largest absolute Gasteiger partial charge is 0.466 e. The Morgan fingerprint density at radius 2 is 2.55 bits per heavy atom. The predicted octanol–water partition coefficient (Wildman–Crippen LogP) is 1.30. The third-order valence-corrected chi connectivity index (χ3v) is 3.92. The molecule has 2 nitrogen and oxygen atoms in total. The van der Waals surface area contributed by atoms with Gasteiger partial charge in [0.05, 0.1) is 12.5 Å². The number of carbonyl (C=O) groups is 1. The van der Waals surface area contributed by atoms with E-state index in [1.54, 1.807) is 0 Å². The third-order valence-electron chi connectivity index (χ3n) is 2.42. The quantitative estimate of drug-likeness (QED) is 0.587. The van der Waals surface area contributed by atoms with E-state index in [0.717, 1.165) is 0 Å². The lowest BCUT2D eigenvalue weighted by Crippen LogP contribution is -2.10. The molecule has 2 rings (SSSR count). The highest BCUT2D eigenvalue weighted by atomic mass is 32.2. The van der Waals surface area contributed by atoms with E-state index < -0.39 is 0 Å². The van der Waals surface area contributed by atoms with E-state index >= 15 is 0 Å². The van der Waals surface area contributed by atoms with Gasteiger partial charge in [0, 0.05) is 5.25 Å². The number of esters is 1. The molecular weight excluding hydrogens is 160 g/mol. The van der Waals surface area contributed by atoms with Crippen molar-refractivity contribution in [2.75, 3.05) is 12.4 Å². The number of carbonyl (C=O) groups excluding carboxylic acids is 1. The van der Waals surface area contributed by atoms with E-state index in [1.165, 1.54) is 12.2 Å². The van der Waals surface area contributed by atoms with Crippen molar-refractivity contribution in [3.05, 3.63) is 0 Å². The summed E-state index contributed by atoms with van der Waals surface area (Å²) in [5, 5.41) is 0.619. The minimum Gasteiger partial charge on any atom is -0.466 e. The van der Waals surface area contributed by atoms with Crippen LogP contribution in [0.5, 0.6) is 0 Å². The number of hydrogen-bond acceptors (Lipinski definition) is 3. The van der Waals surface area contributed by atoms with Crippen LogP contribution in [-0.4, -0.2) is 23.6 Å². The van der Waals surface area contributed by atoms with Gasteiger partial charge in [-0.25, -0.2) is 0 Å². The average molecular weight is 172 g/mol. The highest BCUT2D eigenvalue weighted by Crippen LogP contribution is 2.56. The van der Waals surface area contributed by atoms with Crippen LogP contribution in [-0.2, 0) is 9.53 Å². The fraction of sp³-hybridized carbons (Fsp3) is 0.875. The minimum absolute atomic E-state index is 0.0368. The van der Waals surface area contributed by atoms with Gasteiger partial charge < -0.3 is 4.74 Å². The van der Waals surface area contributed by atoms with Crippen molar-refractivity contribution in [1.29, 1.82) is 0 Å². The second kappa shape index (κ2) is 2.70. The van der Waals surface area contributed by atoms with Crippen molar-refractivity contribution >= 4 is 17.7 Å².